The van der Waals surface area contributed by atoms with Crippen LogP contribution in [0.25, 0.3) is 11.0 Å². The summed E-state index contributed by atoms with van der Waals surface area (Å²) >= 11 is 0. The monoisotopic (exact) mass is 353 g/mol. The Morgan fingerprint density at radius 2 is 2.19 bits per heavy atom. The quantitative estimate of drug-likeness (QED) is 0.733. The van der Waals surface area contributed by atoms with Gasteiger partial charge >= 0.3 is 0 Å². The Balaban J connectivity index is 1.47. The summed E-state index contributed by atoms with van der Waals surface area (Å²) in [5.41, 5.74) is 2.90. The third-order valence-corrected chi connectivity index (χ3v) is 4.57. The van der Waals surface area contributed by atoms with Crippen molar-refractivity contribution in [2.75, 3.05) is 11.9 Å². The summed E-state index contributed by atoms with van der Waals surface area (Å²) in [7, 11) is 0. The number of anilines is 1. The van der Waals surface area contributed by atoms with Gasteiger partial charge in [0.25, 0.3) is 0 Å². The molecule has 0 saturated carbocycles. The number of aromatic amines is 1. The van der Waals surface area contributed by atoms with Gasteiger partial charge in [0.2, 0.25) is 5.91 Å². The van der Waals surface area contributed by atoms with E-state index in [1.807, 2.05) is 24.3 Å². The van der Waals surface area contributed by atoms with Crippen LogP contribution in [0.1, 0.15) is 30.7 Å². The number of hydrogen-bond acceptors (Lipinski definition) is 3. The summed E-state index contributed by atoms with van der Waals surface area (Å²) in [5.74, 6) is 0.394. The zero-order valence-corrected chi connectivity index (χ0v) is 14.3. The number of imidazole rings is 1. The first-order valence-corrected chi connectivity index (χ1v) is 8.81. The zero-order valence-electron chi connectivity index (χ0n) is 14.3. The van der Waals surface area contributed by atoms with Crippen LogP contribution < -0.4 is 5.32 Å². The Labute approximate surface area is 150 Å². The molecule has 1 aliphatic rings. The van der Waals surface area contributed by atoms with Gasteiger partial charge in [-0.1, -0.05) is 18.2 Å². The van der Waals surface area contributed by atoms with Crippen molar-refractivity contribution in [1.82, 2.24) is 9.97 Å². The van der Waals surface area contributed by atoms with E-state index in [0.29, 0.717) is 29.9 Å². The molecule has 1 aliphatic heterocycles. The van der Waals surface area contributed by atoms with Gasteiger partial charge in [0.1, 0.15) is 11.6 Å². The average molecular weight is 353 g/mol. The Kier molecular flexibility index (Phi) is 4.67. The molecule has 1 atom stereocenters. The van der Waals surface area contributed by atoms with E-state index in [1.165, 1.54) is 6.07 Å². The van der Waals surface area contributed by atoms with Crippen molar-refractivity contribution < 1.29 is 13.9 Å². The Bertz CT molecular complexity index is 932. The molecule has 5 nitrogen and oxygen atoms in total. The number of aromatic nitrogens is 2. The Hall–Kier alpha value is -2.73. The predicted octanol–water partition coefficient (Wildman–Crippen LogP) is 3.80. The number of halogens is 1. The molecule has 3 aromatic rings. The summed E-state index contributed by atoms with van der Waals surface area (Å²) < 4.78 is 19.3. The molecule has 2 aromatic carbocycles. The number of rotatable bonds is 5. The van der Waals surface area contributed by atoms with Crippen molar-refractivity contribution >= 4 is 22.6 Å². The van der Waals surface area contributed by atoms with E-state index in [0.717, 1.165) is 30.5 Å². The lowest BCUT2D eigenvalue weighted by Gasteiger charge is -2.09. The number of nitrogens with one attached hydrogen (secondary N) is 2. The maximum Gasteiger partial charge on any atom is 0.226 e. The standard InChI is InChI=1S/C20H20FN3O2/c21-16-6-2-1-4-13(16)10-19-23-17-8-7-14(11-18(17)24-19)22-20(25)12-15-5-3-9-26-15/h1-2,4,6-8,11,15H,3,5,9-10,12H2,(H,22,25)(H,23,24). The summed E-state index contributed by atoms with van der Waals surface area (Å²) in [4.78, 5) is 19.8. The summed E-state index contributed by atoms with van der Waals surface area (Å²) in [6.07, 6.45) is 2.75. The number of benzene rings is 2. The number of hydrogen-bond donors (Lipinski definition) is 2. The van der Waals surface area contributed by atoms with Gasteiger partial charge in [0.05, 0.1) is 23.6 Å². The van der Waals surface area contributed by atoms with Crippen LogP contribution in [0.2, 0.25) is 0 Å². The van der Waals surface area contributed by atoms with Gasteiger partial charge in [-0.15, -0.1) is 0 Å². The molecule has 0 spiro atoms. The molecule has 2 heterocycles. The first-order chi connectivity index (χ1) is 12.7. The number of carbonyl (C=O) groups excluding carboxylic acids is 1. The highest BCUT2D eigenvalue weighted by atomic mass is 19.1. The number of carbonyl (C=O) groups is 1. The fourth-order valence-corrected chi connectivity index (χ4v) is 3.27. The molecule has 0 radical (unpaired) electrons. The van der Waals surface area contributed by atoms with E-state index in [-0.39, 0.29) is 17.8 Å². The van der Waals surface area contributed by atoms with Crippen LogP contribution in [0, 0.1) is 5.82 Å². The van der Waals surface area contributed by atoms with Gasteiger partial charge < -0.3 is 15.0 Å². The molecule has 0 aliphatic carbocycles. The smallest absolute Gasteiger partial charge is 0.226 e. The van der Waals surface area contributed by atoms with E-state index in [1.54, 1.807) is 12.1 Å². The van der Waals surface area contributed by atoms with Crippen molar-refractivity contribution in [3.63, 3.8) is 0 Å². The average Bonchev–Trinajstić information content (AvgIpc) is 3.25. The van der Waals surface area contributed by atoms with Gasteiger partial charge in [0, 0.05) is 18.7 Å². The van der Waals surface area contributed by atoms with E-state index in [4.69, 9.17) is 4.74 Å². The molecule has 26 heavy (non-hydrogen) atoms. The number of H-pyrrole nitrogens is 1. The topological polar surface area (TPSA) is 67.0 Å². The Morgan fingerprint density at radius 3 is 3.00 bits per heavy atom. The van der Waals surface area contributed by atoms with Crippen LogP contribution in [0.3, 0.4) is 0 Å². The molecule has 1 unspecified atom stereocenters. The number of ether oxygens (including phenoxy) is 1. The lowest BCUT2D eigenvalue weighted by molar-refractivity contribution is -0.118. The minimum absolute atomic E-state index is 0.0262. The van der Waals surface area contributed by atoms with Gasteiger partial charge in [0.15, 0.2) is 0 Å². The largest absolute Gasteiger partial charge is 0.378 e. The summed E-state index contributed by atoms with van der Waals surface area (Å²) in [5, 5.41) is 2.90. The minimum atomic E-state index is -0.241. The van der Waals surface area contributed by atoms with Gasteiger partial charge in [-0.3, -0.25) is 4.79 Å². The molecular weight excluding hydrogens is 333 g/mol. The molecule has 1 fully saturated rings. The van der Waals surface area contributed by atoms with Gasteiger partial charge in [-0.2, -0.15) is 0 Å². The van der Waals surface area contributed by atoms with Crippen LogP contribution in [0.4, 0.5) is 10.1 Å². The second-order valence-corrected chi connectivity index (χ2v) is 6.57. The molecule has 4 rings (SSSR count). The highest BCUT2D eigenvalue weighted by Gasteiger charge is 2.19. The number of amides is 1. The van der Waals surface area contributed by atoms with Gasteiger partial charge in [-0.25, -0.2) is 9.37 Å². The van der Waals surface area contributed by atoms with Crippen LogP contribution in [0.15, 0.2) is 42.5 Å². The van der Waals surface area contributed by atoms with Crippen LogP contribution in [0.5, 0.6) is 0 Å². The lowest BCUT2D eigenvalue weighted by atomic mass is 10.1. The highest BCUT2D eigenvalue weighted by Crippen LogP contribution is 2.21. The third-order valence-electron chi connectivity index (χ3n) is 4.57. The predicted molar refractivity (Wildman–Crippen MR) is 97.5 cm³/mol. The molecule has 1 saturated heterocycles. The summed E-state index contributed by atoms with van der Waals surface area (Å²) in [6.45, 7) is 0.739. The summed E-state index contributed by atoms with van der Waals surface area (Å²) in [6, 6.07) is 12.2. The van der Waals surface area contributed by atoms with Crippen LogP contribution in [-0.2, 0) is 16.0 Å². The van der Waals surface area contributed by atoms with Crippen LogP contribution >= 0.6 is 0 Å². The zero-order chi connectivity index (χ0) is 17.9. The minimum Gasteiger partial charge on any atom is -0.378 e. The molecular formula is C20H20FN3O2. The van der Waals surface area contributed by atoms with Crippen molar-refractivity contribution in [2.45, 2.75) is 31.8 Å². The maximum atomic E-state index is 13.8. The first-order valence-electron chi connectivity index (χ1n) is 8.81. The normalized spacial score (nSPS) is 16.9. The molecule has 2 N–H and O–H groups in total. The number of nitrogens with zero attached hydrogens (tertiary/aromatic N) is 1. The number of fused-ring (bicyclic) bond motifs is 1. The van der Waals surface area contributed by atoms with Crippen molar-refractivity contribution in [1.29, 1.82) is 0 Å². The van der Waals surface area contributed by atoms with E-state index in [2.05, 4.69) is 15.3 Å². The fraction of sp³-hybridized carbons (Fsp3) is 0.300. The first kappa shape index (κ1) is 16.7. The highest BCUT2D eigenvalue weighted by molar-refractivity contribution is 5.93. The lowest BCUT2D eigenvalue weighted by Crippen LogP contribution is -2.19. The maximum absolute atomic E-state index is 13.8. The molecule has 0 bridgehead atoms. The second-order valence-electron chi connectivity index (χ2n) is 6.57. The van der Waals surface area contributed by atoms with Crippen molar-refractivity contribution in [2.24, 2.45) is 0 Å². The van der Waals surface area contributed by atoms with E-state index in [9.17, 15) is 9.18 Å². The molecule has 1 aromatic heterocycles. The van der Waals surface area contributed by atoms with Gasteiger partial charge in [-0.05, 0) is 42.7 Å². The fourth-order valence-electron chi connectivity index (χ4n) is 3.27. The SMILES string of the molecule is O=C(CC1CCCO1)Nc1ccc2nc(Cc3ccccc3F)[nH]c2c1. The Morgan fingerprint density at radius 1 is 1.31 bits per heavy atom. The van der Waals surface area contributed by atoms with Crippen molar-refractivity contribution in [3.8, 4) is 0 Å². The molecule has 1 amide bonds. The van der Waals surface area contributed by atoms with Crippen LogP contribution in [-0.4, -0.2) is 28.6 Å². The molecule has 6 heteroatoms. The third kappa shape index (κ3) is 3.75. The van der Waals surface area contributed by atoms with E-state index >= 15 is 0 Å². The molecule has 134 valence electrons. The van der Waals surface area contributed by atoms with E-state index < -0.39 is 0 Å². The van der Waals surface area contributed by atoms with Crippen molar-refractivity contribution in [3.05, 3.63) is 59.7 Å². The second kappa shape index (κ2) is 7.25.